The maximum Gasteiger partial charge on any atom is 0.260 e. The van der Waals surface area contributed by atoms with Gasteiger partial charge < -0.3 is 0 Å². The Morgan fingerprint density at radius 2 is 1.66 bits per heavy atom. The molecule has 0 radical (unpaired) electrons. The van der Waals surface area contributed by atoms with E-state index in [0.29, 0.717) is 17.2 Å². The lowest BCUT2D eigenvalue weighted by Crippen LogP contribution is -2.30. The van der Waals surface area contributed by atoms with Crippen molar-refractivity contribution in [2.45, 2.75) is 31.7 Å². The molecule has 7 heteroatoms. The number of hydrogen-bond acceptors (Lipinski definition) is 5. The normalized spacial score (nSPS) is 11.6. The first-order valence-corrected chi connectivity index (χ1v) is 13.0. The van der Waals surface area contributed by atoms with Crippen molar-refractivity contribution < 1.29 is 13.2 Å². The molecule has 0 bridgehead atoms. The summed E-state index contributed by atoms with van der Waals surface area (Å²) in [5.41, 5.74) is 3.48. The Morgan fingerprint density at radius 1 is 0.938 bits per heavy atom. The minimum atomic E-state index is -3.32. The topological polar surface area (TPSA) is 67.3 Å². The summed E-state index contributed by atoms with van der Waals surface area (Å²) in [5, 5.41) is 0.625. The van der Waals surface area contributed by atoms with Crippen LogP contribution in [0.25, 0.3) is 10.2 Å². The van der Waals surface area contributed by atoms with E-state index in [4.69, 9.17) is 4.98 Å². The molecule has 0 atom stereocenters. The summed E-state index contributed by atoms with van der Waals surface area (Å²) in [7, 11) is -3.32. The highest BCUT2D eigenvalue weighted by Gasteiger charge is 2.23. The van der Waals surface area contributed by atoms with Gasteiger partial charge in [0, 0.05) is 5.56 Å². The number of nitrogens with zero attached hydrogens (tertiary/aromatic N) is 2. The molecule has 32 heavy (non-hydrogen) atoms. The number of rotatable bonds is 7. The molecule has 0 saturated heterocycles. The van der Waals surface area contributed by atoms with Gasteiger partial charge >= 0.3 is 0 Å². The van der Waals surface area contributed by atoms with Crippen molar-refractivity contribution in [1.29, 1.82) is 0 Å². The van der Waals surface area contributed by atoms with Crippen LogP contribution in [0.2, 0.25) is 0 Å². The van der Waals surface area contributed by atoms with Gasteiger partial charge in [0.15, 0.2) is 15.0 Å². The summed E-state index contributed by atoms with van der Waals surface area (Å²) >= 11 is 1.49. The number of benzene rings is 3. The van der Waals surface area contributed by atoms with Crippen LogP contribution >= 0.6 is 11.3 Å². The molecule has 3 aromatic carbocycles. The minimum absolute atomic E-state index is 0.0197. The third-order valence-corrected chi connectivity index (χ3v) is 8.17. The van der Waals surface area contributed by atoms with Crippen LogP contribution in [0, 0.1) is 0 Å². The second-order valence-electron chi connectivity index (χ2n) is 7.42. The molecule has 0 unspecified atom stereocenters. The largest absolute Gasteiger partial charge is 0.279 e. The Bertz CT molecular complexity index is 1350. The van der Waals surface area contributed by atoms with Crippen molar-refractivity contribution in [3.8, 4) is 0 Å². The number of aromatic nitrogens is 1. The van der Waals surface area contributed by atoms with E-state index in [2.05, 4.69) is 13.0 Å². The lowest BCUT2D eigenvalue weighted by Gasteiger charge is -2.20. The number of thiazole rings is 1. The molecule has 0 aliphatic heterocycles. The zero-order chi connectivity index (χ0) is 22.7. The zero-order valence-corrected chi connectivity index (χ0v) is 19.6. The third kappa shape index (κ3) is 4.45. The van der Waals surface area contributed by atoms with Crippen molar-refractivity contribution >= 4 is 42.4 Å². The SMILES string of the molecule is CCc1cccc2sc(N(Cc3ccccc3)C(=O)c3ccc(S(=O)(=O)CC)cc3)nc12. The van der Waals surface area contributed by atoms with Crippen LogP contribution in [0.1, 0.15) is 35.3 Å². The van der Waals surface area contributed by atoms with Gasteiger partial charge in [0.05, 0.1) is 27.4 Å². The number of carbonyl (C=O) groups excluding carboxylic acids is 1. The smallest absolute Gasteiger partial charge is 0.260 e. The Kier molecular flexibility index (Phi) is 6.39. The van der Waals surface area contributed by atoms with Gasteiger partial charge in [-0.1, -0.05) is 67.6 Å². The summed E-state index contributed by atoms with van der Waals surface area (Å²) in [6.45, 7) is 4.07. The molecule has 0 N–H and O–H groups in total. The summed E-state index contributed by atoms with van der Waals surface area (Å²) in [6.07, 6.45) is 0.862. The Hall–Kier alpha value is -3.03. The first-order chi connectivity index (χ1) is 15.4. The summed E-state index contributed by atoms with van der Waals surface area (Å²) in [4.78, 5) is 20.3. The van der Waals surface area contributed by atoms with Crippen LogP contribution in [0.5, 0.6) is 0 Å². The Morgan fingerprint density at radius 3 is 2.31 bits per heavy atom. The standard InChI is InChI=1S/C25H24N2O3S2/c1-3-19-11-8-12-22-23(19)26-25(31-22)27(17-18-9-6-5-7-10-18)24(28)20-13-15-21(16-14-20)32(29,30)4-2/h5-16H,3-4,17H2,1-2H3. The second kappa shape index (κ2) is 9.22. The number of aryl methyl sites for hydroxylation is 1. The maximum absolute atomic E-state index is 13.6. The highest BCUT2D eigenvalue weighted by molar-refractivity contribution is 7.91. The fraction of sp³-hybridized carbons (Fsp3) is 0.200. The zero-order valence-electron chi connectivity index (χ0n) is 18.0. The van der Waals surface area contributed by atoms with Crippen LogP contribution in [0.3, 0.4) is 0 Å². The average Bonchev–Trinajstić information content (AvgIpc) is 3.27. The molecule has 4 rings (SSSR count). The number of para-hydroxylation sites is 1. The van der Waals surface area contributed by atoms with E-state index in [1.165, 1.54) is 23.5 Å². The third-order valence-electron chi connectivity index (χ3n) is 5.37. The van der Waals surface area contributed by atoms with Crippen molar-refractivity contribution in [3.05, 3.63) is 89.5 Å². The van der Waals surface area contributed by atoms with Crippen LogP contribution in [0.4, 0.5) is 5.13 Å². The maximum atomic E-state index is 13.6. The van der Waals surface area contributed by atoms with Crippen LogP contribution in [-0.4, -0.2) is 25.1 Å². The molecule has 5 nitrogen and oxygen atoms in total. The number of fused-ring (bicyclic) bond motifs is 1. The van der Waals surface area contributed by atoms with Gasteiger partial charge in [-0.25, -0.2) is 13.4 Å². The summed E-state index contributed by atoms with van der Waals surface area (Å²) < 4.78 is 25.3. The lowest BCUT2D eigenvalue weighted by molar-refractivity contribution is 0.0985. The van der Waals surface area contributed by atoms with Crippen molar-refractivity contribution in [2.24, 2.45) is 0 Å². The van der Waals surface area contributed by atoms with E-state index in [0.717, 1.165) is 27.8 Å². The van der Waals surface area contributed by atoms with Crippen LogP contribution in [0.15, 0.2) is 77.7 Å². The van der Waals surface area contributed by atoms with Crippen molar-refractivity contribution in [1.82, 2.24) is 4.98 Å². The fourth-order valence-corrected chi connectivity index (χ4v) is 5.41. The first-order valence-electron chi connectivity index (χ1n) is 10.5. The van der Waals surface area contributed by atoms with Gasteiger partial charge in [-0.2, -0.15) is 0 Å². The molecule has 1 heterocycles. The average molecular weight is 465 g/mol. The Labute approximate surface area is 192 Å². The van der Waals surface area contributed by atoms with E-state index >= 15 is 0 Å². The minimum Gasteiger partial charge on any atom is -0.279 e. The van der Waals surface area contributed by atoms with E-state index in [1.807, 2.05) is 42.5 Å². The van der Waals surface area contributed by atoms with Crippen LogP contribution < -0.4 is 4.90 Å². The predicted molar refractivity (Wildman–Crippen MR) is 130 cm³/mol. The summed E-state index contributed by atoms with van der Waals surface area (Å²) in [5.74, 6) is -0.197. The highest BCUT2D eigenvalue weighted by Crippen LogP contribution is 2.33. The molecule has 0 spiro atoms. The molecule has 0 fully saturated rings. The van der Waals surface area contributed by atoms with E-state index in [9.17, 15) is 13.2 Å². The molecule has 4 aromatic rings. The molecule has 164 valence electrons. The lowest BCUT2D eigenvalue weighted by atomic mass is 10.1. The van der Waals surface area contributed by atoms with Gasteiger partial charge in [-0.3, -0.25) is 9.69 Å². The molecule has 0 aliphatic carbocycles. The monoisotopic (exact) mass is 464 g/mol. The Balaban J connectivity index is 1.75. The highest BCUT2D eigenvalue weighted by atomic mass is 32.2. The van der Waals surface area contributed by atoms with Crippen LogP contribution in [-0.2, 0) is 22.8 Å². The summed E-state index contributed by atoms with van der Waals surface area (Å²) in [6, 6.07) is 22.0. The fourth-order valence-electron chi connectivity index (χ4n) is 3.51. The molecular weight excluding hydrogens is 440 g/mol. The number of carbonyl (C=O) groups is 1. The number of hydrogen-bond donors (Lipinski definition) is 0. The number of anilines is 1. The van der Waals surface area contributed by atoms with E-state index < -0.39 is 9.84 Å². The molecular formula is C25H24N2O3S2. The number of sulfone groups is 1. The van der Waals surface area contributed by atoms with Gasteiger partial charge in [0.1, 0.15) is 0 Å². The van der Waals surface area contributed by atoms with E-state index in [1.54, 1.807) is 24.0 Å². The molecule has 0 saturated carbocycles. The second-order valence-corrected chi connectivity index (χ2v) is 10.7. The van der Waals surface area contributed by atoms with Gasteiger partial charge in [-0.15, -0.1) is 0 Å². The molecule has 1 aromatic heterocycles. The molecule has 1 amide bonds. The number of amides is 1. The van der Waals surface area contributed by atoms with E-state index in [-0.39, 0.29) is 16.6 Å². The first kappa shape index (κ1) is 22.2. The van der Waals surface area contributed by atoms with Crippen molar-refractivity contribution in [3.63, 3.8) is 0 Å². The quantitative estimate of drug-likeness (QED) is 0.362. The van der Waals surface area contributed by atoms with Gasteiger partial charge in [-0.05, 0) is 47.9 Å². The predicted octanol–water partition coefficient (Wildman–Crippen LogP) is 5.50. The van der Waals surface area contributed by atoms with Crippen molar-refractivity contribution in [2.75, 3.05) is 10.7 Å². The van der Waals surface area contributed by atoms with Gasteiger partial charge in [0.2, 0.25) is 0 Å². The van der Waals surface area contributed by atoms with Gasteiger partial charge in [0.25, 0.3) is 5.91 Å². The molecule has 0 aliphatic rings.